The molecule has 1 N–H and O–H groups in total. The summed E-state index contributed by atoms with van der Waals surface area (Å²) >= 11 is 0. The van der Waals surface area contributed by atoms with Gasteiger partial charge in [-0.3, -0.25) is 13.9 Å². The summed E-state index contributed by atoms with van der Waals surface area (Å²) in [4.78, 5) is 30.1. The molecule has 0 aromatic heterocycles. The Morgan fingerprint density at radius 2 is 1.51 bits per heavy atom. The molecule has 1 aliphatic carbocycles. The molecule has 2 amide bonds. The van der Waals surface area contributed by atoms with E-state index in [9.17, 15) is 18.0 Å². The second-order valence-electron chi connectivity index (χ2n) is 12.0. The predicted molar refractivity (Wildman–Crippen MR) is 173 cm³/mol. The zero-order valence-corrected chi connectivity index (χ0v) is 26.6. The van der Waals surface area contributed by atoms with E-state index >= 15 is 0 Å². The van der Waals surface area contributed by atoms with Crippen LogP contribution in [-0.2, 0) is 32.6 Å². The lowest BCUT2D eigenvalue weighted by Gasteiger charge is -2.35. The van der Waals surface area contributed by atoms with Crippen molar-refractivity contribution in [2.75, 3.05) is 17.1 Å². The summed E-state index contributed by atoms with van der Waals surface area (Å²) < 4.78 is 27.6. The summed E-state index contributed by atoms with van der Waals surface area (Å²) in [6.07, 6.45) is 6.58. The molecule has 7 nitrogen and oxygen atoms in total. The van der Waals surface area contributed by atoms with Gasteiger partial charge in [0.15, 0.2) is 0 Å². The summed E-state index contributed by atoms with van der Waals surface area (Å²) in [6, 6.07) is 24.0. The van der Waals surface area contributed by atoms with Crippen molar-refractivity contribution < 1.29 is 18.0 Å². The maximum Gasteiger partial charge on any atom is 0.244 e. The molecule has 4 rings (SSSR count). The first kappa shape index (κ1) is 32.3. The number of rotatable bonds is 12. The van der Waals surface area contributed by atoms with Gasteiger partial charge >= 0.3 is 0 Å². The highest BCUT2D eigenvalue weighted by Gasteiger charge is 2.34. The van der Waals surface area contributed by atoms with Crippen molar-refractivity contribution in [2.45, 2.75) is 83.8 Å². The number of carbonyl (C=O) groups excluding carboxylic acids is 2. The maximum atomic E-state index is 14.4. The number of benzene rings is 3. The first-order valence-electron chi connectivity index (χ1n) is 15.3. The van der Waals surface area contributed by atoms with Gasteiger partial charge in [-0.25, -0.2) is 8.42 Å². The van der Waals surface area contributed by atoms with Crippen LogP contribution >= 0.6 is 0 Å². The van der Waals surface area contributed by atoms with Gasteiger partial charge in [-0.05, 0) is 54.0 Å². The van der Waals surface area contributed by atoms with Crippen molar-refractivity contribution in [3.63, 3.8) is 0 Å². The number of sulfonamides is 1. The average molecular weight is 604 g/mol. The number of carbonyl (C=O) groups is 2. The fourth-order valence-corrected chi connectivity index (χ4v) is 6.74. The van der Waals surface area contributed by atoms with Crippen LogP contribution in [0, 0.1) is 6.92 Å². The van der Waals surface area contributed by atoms with Crippen molar-refractivity contribution in [2.24, 2.45) is 0 Å². The lowest BCUT2D eigenvalue weighted by molar-refractivity contribution is -0.140. The number of hydrogen-bond acceptors (Lipinski definition) is 4. The van der Waals surface area contributed by atoms with E-state index in [1.807, 2.05) is 87.5 Å². The Labute approximate surface area is 257 Å². The molecule has 0 aliphatic heterocycles. The van der Waals surface area contributed by atoms with Gasteiger partial charge < -0.3 is 10.2 Å². The largest absolute Gasteiger partial charge is 0.352 e. The molecule has 1 fully saturated rings. The molecular formula is C35H45N3O4S. The van der Waals surface area contributed by atoms with Crippen molar-refractivity contribution in [1.29, 1.82) is 0 Å². The highest BCUT2D eigenvalue weighted by Crippen LogP contribution is 2.29. The van der Waals surface area contributed by atoms with Crippen molar-refractivity contribution >= 4 is 27.5 Å². The number of hydrogen-bond donors (Lipinski definition) is 1. The third-order valence-electron chi connectivity index (χ3n) is 8.33. The molecule has 1 aliphatic rings. The van der Waals surface area contributed by atoms with Crippen molar-refractivity contribution in [1.82, 2.24) is 10.2 Å². The molecule has 0 spiro atoms. The van der Waals surface area contributed by atoms with Gasteiger partial charge in [0.2, 0.25) is 21.8 Å². The topological polar surface area (TPSA) is 86.8 Å². The van der Waals surface area contributed by atoms with E-state index < -0.39 is 28.5 Å². The van der Waals surface area contributed by atoms with E-state index in [0.29, 0.717) is 12.1 Å². The third-order valence-corrected chi connectivity index (χ3v) is 9.46. The van der Waals surface area contributed by atoms with E-state index in [-0.39, 0.29) is 24.4 Å². The van der Waals surface area contributed by atoms with Gasteiger partial charge in [0.25, 0.3) is 0 Å². The van der Waals surface area contributed by atoms with Gasteiger partial charge in [0, 0.05) is 19.0 Å². The molecule has 1 saturated carbocycles. The molecule has 0 heterocycles. The zero-order chi connectivity index (χ0) is 31.0. The normalized spacial score (nSPS) is 14.7. The standard InChI is InChI=1S/C35H45N3O4S/c1-26(2)31-21-13-14-22-32(31)38(43(4,41)42)25-34(39)37(24-29-18-12-11-15-27(29)3)33(23-28-16-7-5-8-17-28)35(40)36-30-19-9-6-10-20-30/h5,7-8,11-18,21-22,26,30,33H,6,9-10,19-20,23-25H2,1-4H3,(H,36,40). The number of anilines is 1. The molecule has 0 radical (unpaired) electrons. The molecule has 1 atom stereocenters. The molecule has 230 valence electrons. The van der Waals surface area contributed by atoms with Crippen LogP contribution in [0.5, 0.6) is 0 Å². The van der Waals surface area contributed by atoms with E-state index in [4.69, 9.17) is 0 Å². The van der Waals surface area contributed by atoms with Crippen LogP contribution in [0.2, 0.25) is 0 Å². The van der Waals surface area contributed by atoms with Crippen molar-refractivity contribution in [3.05, 3.63) is 101 Å². The molecule has 8 heteroatoms. The highest BCUT2D eigenvalue weighted by molar-refractivity contribution is 7.92. The minimum Gasteiger partial charge on any atom is -0.352 e. The molecule has 3 aromatic rings. The molecule has 0 saturated heterocycles. The van der Waals surface area contributed by atoms with Crippen LogP contribution in [0.25, 0.3) is 0 Å². The smallest absolute Gasteiger partial charge is 0.244 e. The Bertz CT molecular complexity index is 1480. The molecule has 1 unspecified atom stereocenters. The lowest BCUT2D eigenvalue weighted by atomic mass is 9.94. The number of para-hydroxylation sites is 1. The minimum atomic E-state index is -3.83. The fraction of sp³-hybridized carbons (Fsp3) is 0.429. The lowest BCUT2D eigenvalue weighted by Crippen LogP contribution is -2.55. The van der Waals surface area contributed by atoms with Gasteiger partial charge in [-0.2, -0.15) is 0 Å². The first-order valence-corrected chi connectivity index (χ1v) is 17.1. The minimum absolute atomic E-state index is 0.0470. The van der Waals surface area contributed by atoms with E-state index in [1.165, 1.54) is 4.31 Å². The number of aryl methyl sites for hydroxylation is 1. The Balaban J connectivity index is 1.76. The van der Waals surface area contributed by atoms with E-state index in [0.717, 1.165) is 60.6 Å². The van der Waals surface area contributed by atoms with Crippen LogP contribution in [0.4, 0.5) is 5.69 Å². The monoisotopic (exact) mass is 603 g/mol. The van der Waals surface area contributed by atoms with Crippen molar-refractivity contribution in [3.8, 4) is 0 Å². The molecule has 43 heavy (non-hydrogen) atoms. The first-order chi connectivity index (χ1) is 20.5. The van der Waals surface area contributed by atoms with Gasteiger partial charge in [0.1, 0.15) is 12.6 Å². The quantitative estimate of drug-likeness (QED) is 0.276. The third kappa shape index (κ3) is 8.69. The van der Waals surface area contributed by atoms with Crippen LogP contribution in [0.1, 0.15) is 74.1 Å². The summed E-state index contributed by atoms with van der Waals surface area (Å²) in [5, 5.41) is 3.25. The Morgan fingerprint density at radius 1 is 0.884 bits per heavy atom. The summed E-state index contributed by atoms with van der Waals surface area (Å²) in [5.41, 5.74) is 4.15. The van der Waals surface area contributed by atoms with Crippen LogP contribution in [-0.4, -0.2) is 50.0 Å². The van der Waals surface area contributed by atoms with Crippen LogP contribution < -0.4 is 9.62 Å². The average Bonchev–Trinajstić information content (AvgIpc) is 2.99. The fourth-order valence-electron chi connectivity index (χ4n) is 5.87. The van der Waals surface area contributed by atoms with Gasteiger partial charge in [0.05, 0.1) is 11.9 Å². The van der Waals surface area contributed by atoms with Crippen LogP contribution in [0.15, 0.2) is 78.9 Å². The number of amides is 2. The highest BCUT2D eigenvalue weighted by atomic mass is 32.2. The zero-order valence-electron chi connectivity index (χ0n) is 25.8. The number of nitrogens with zero attached hydrogens (tertiary/aromatic N) is 2. The Hall–Kier alpha value is -3.65. The molecule has 0 bridgehead atoms. The van der Waals surface area contributed by atoms with Gasteiger partial charge in [-0.15, -0.1) is 0 Å². The summed E-state index contributed by atoms with van der Waals surface area (Å²) in [7, 11) is -3.83. The van der Waals surface area contributed by atoms with E-state index in [1.54, 1.807) is 17.0 Å². The SMILES string of the molecule is Cc1ccccc1CN(C(=O)CN(c1ccccc1C(C)C)S(C)(=O)=O)C(Cc1ccccc1)C(=O)NC1CCCCC1. The van der Waals surface area contributed by atoms with Crippen LogP contribution in [0.3, 0.4) is 0 Å². The molecular weight excluding hydrogens is 558 g/mol. The van der Waals surface area contributed by atoms with Gasteiger partial charge in [-0.1, -0.05) is 106 Å². The second-order valence-corrected chi connectivity index (χ2v) is 13.9. The number of nitrogens with one attached hydrogen (secondary N) is 1. The second kappa shape index (κ2) is 14.7. The summed E-state index contributed by atoms with van der Waals surface area (Å²) in [6.45, 7) is 5.75. The van der Waals surface area contributed by atoms with E-state index in [2.05, 4.69) is 5.32 Å². The summed E-state index contributed by atoms with van der Waals surface area (Å²) in [5.74, 6) is -0.580. The Kier molecular flexibility index (Phi) is 11.0. The maximum absolute atomic E-state index is 14.4. The predicted octanol–water partition coefficient (Wildman–Crippen LogP) is 5.97. The Morgan fingerprint density at radius 3 is 2.16 bits per heavy atom. The molecule has 3 aromatic carbocycles.